The Morgan fingerprint density at radius 2 is 1.83 bits per heavy atom. The molecule has 0 fully saturated rings. The van der Waals surface area contributed by atoms with Crippen molar-refractivity contribution in [2.45, 2.75) is 51.2 Å². The van der Waals surface area contributed by atoms with Gasteiger partial charge in [-0.05, 0) is 25.6 Å². The number of thioether (sulfide) groups is 1. The van der Waals surface area contributed by atoms with Gasteiger partial charge in [0.05, 0.1) is 4.75 Å². The van der Waals surface area contributed by atoms with Gasteiger partial charge in [0.25, 0.3) is 0 Å². The summed E-state index contributed by atoms with van der Waals surface area (Å²) in [5.74, 6) is -2.63. The van der Waals surface area contributed by atoms with Crippen molar-refractivity contribution in [2.75, 3.05) is 5.75 Å². The van der Waals surface area contributed by atoms with Gasteiger partial charge in [0.15, 0.2) is 0 Å². The Labute approximate surface area is 144 Å². The van der Waals surface area contributed by atoms with E-state index in [0.29, 0.717) is 11.8 Å². The van der Waals surface area contributed by atoms with Gasteiger partial charge in [0, 0.05) is 19.1 Å². The van der Waals surface area contributed by atoms with E-state index in [1.165, 1.54) is 20.8 Å². The number of hydrogen-bond acceptors (Lipinski definition) is 8. The summed E-state index contributed by atoms with van der Waals surface area (Å²) in [4.78, 5) is 45.4. The molecule has 132 valence electrons. The van der Waals surface area contributed by atoms with E-state index in [2.05, 4.69) is 17.9 Å². The first kappa shape index (κ1) is 21.6. The quantitative estimate of drug-likeness (QED) is 0.335. The lowest BCUT2D eigenvalue weighted by atomic mass is 10.2. The highest BCUT2D eigenvalue weighted by Gasteiger charge is 2.29. The molecule has 23 heavy (non-hydrogen) atoms. The second kappa shape index (κ2) is 9.66. The first-order valence-electron chi connectivity index (χ1n) is 6.76. The molecule has 10 heteroatoms. The van der Waals surface area contributed by atoms with Gasteiger partial charge in [-0.2, -0.15) is 12.6 Å². The summed E-state index contributed by atoms with van der Waals surface area (Å²) in [5.41, 5.74) is 0. The zero-order valence-corrected chi connectivity index (χ0v) is 15.0. The van der Waals surface area contributed by atoms with Crippen molar-refractivity contribution in [2.24, 2.45) is 0 Å². The van der Waals surface area contributed by atoms with Crippen molar-refractivity contribution in [1.29, 1.82) is 0 Å². The molecule has 8 nitrogen and oxygen atoms in total. The fourth-order valence-corrected chi connectivity index (χ4v) is 1.92. The molecular formula is C13H21NO7S2. The molecule has 1 amide bonds. The van der Waals surface area contributed by atoms with Crippen LogP contribution in [0.1, 0.15) is 34.1 Å². The maximum absolute atomic E-state index is 11.7. The zero-order chi connectivity index (χ0) is 18.2. The normalized spacial score (nSPS) is 13.6. The SMILES string of the molecule is CCC(=O)O[C@H](C)OC(=O)SC[C@H](NC(=O)C(C)(C)S)C(=O)O. The smallest absolute Gasteiger partial charge is 0.370 e. The monoisotopic (exact) mass is 367 g/mol. The van der Waals surface area contributed by atoms with Crippen LogP contribution >= 0.6 is 24.4 Å². The molecule has 0 spiro atoms. The largest absolute Gasteiger partial charge is 0.480 e. The maximum Gasteiger partial charge on any atom is 0.370 e. The van der Waals surface area contributed by atoms with Crippen molar-refractivity contribution in [3.63, 3.8) is 0 Å². The van der Waals surface area contributed by atoms with Crippen LogP contribution in [-0.2, 0) is 23.9 Å². The van der Waals surface area contributed by atoms with Crippen molar-refractivity contribution in [3.8, 4) is 0 Å². The van der Waals surface area contributed by atoms with E-state index in [-0.39, 0.29) is 12.2 Å². The predicted molar refractivity (Wildman–Crippen MR) is 87.4 cm³/mol. The fraction of sp³-hybridized carbons (Fsp3) is 0.692. The van der Waals surface area contributed by atoms with E-state index in [0.717, 1.165) is 0 Å². The first-order chi connectivity index (χ1) is 10.5. The molecular weight excluding hydrogens is 346 g/mol. The number of carboxylic acids is 1. The lowest BCUT2D eigenvalue weighted by Gasteiger charge is -2.21. The third-order valence-corrected chi connectivity index (χ3v) is 3.41. The topological polar surface area (TPSA) is 119 Å². The summed E-state index contributed by atoms with van der Waals surface area (Å²) in [5, 5.41) is 10.5. The van der Waals surface area contributed by atoms with Gasteiger partial charge >= 0.3 is 17.2 Å². The number of thiol groups is 1. The number of carbonyl (C=O) groups excluding carboxylic acids is 3. The first-order valence-corrected chi connectivity index (χ1v) is 8.19. The van der Waals surface area contributed by atoms with E-state index in [4.69, 9.17) is 14.6 Å². The van der Waals surface area contributed by atoms with Crippen LogP contribution in [0.3, 0.4) is 0 Å². The lowest BCUT2D eigenvalue weighted by molar-refractivity contribution is -0.163. The van der Waals surface area contributed by atoms with Crippen LogP contribution < -0.4 is 5.32 Å². The fourth-order valence-electron chi connectivity index (χ4n) is 1.12. The third kappa shape index (κ3) is 9.34. The summed E-state index contributed by atoms with van der Waals surface area (Å²) < 4.78 is 8.47. The minimum atomic E-state index is -1.29. The number of ether oxygens (including phenoxy) is 2. The molecule has 0 bridgehead atoms. The minimum Gasteiger partial charge on any atom is -0.480 e. The number of amides is 1. The van der Waals surface area contributed by atoms with Gasteiger partial charge in [0.1, 0.15) is 6.04 Å². The number of carboxylic acid groups (broad SMARTS) is 1. The van der Waals surface area contributed by atoms with Gasteiger partial charge in [-0.3, -0.25) is 9.59 Å². The van der Waals surface area contributed by atoms with Crippen LogP contribution in [0.2, 0.25) is 0 Å². The van der Waals surface area contributed by atoms with E-state index in [9.17, 15) is 19.2 Å². The Morgan fingerprint density at radius 3 is 2.26 bits per heavy atom. The molecule has 0 aromatic heterocycles. The van der Waals surface area contributed by atoms with Crippen molar-refractivity contribution >= 4 is 47.5 Å². The van der Waals surface area contributed by atoms with Gasteiger partial charge in [-0.1, -0.05) is 6.92 Å². The third-order valence-electron chi connectivity index (χ3n) is 2.38. The highest BCUT2D eigenvalue weighted by molar-refractivity contribution is 8.13. The summed E-state index contributed by atoms with van der Waals surface area (Å²) in [7, 11) is 0. The van der Waals surface area contributed by atoms with E-state index in [1.807, 2.05) is 0 Å². The van der Waals surface area contributed by atoms with Crippen molar-refractivity contribution in [1.82, 2.24) is 5.32 Å². The van der Waals surface area contributed by atoms with Crippen molar-refractivity contribution < 1.29 is 33.8 Å². The molecule has 0 aromatic rings. The second-order valence-corrected chi connectivity index (χ2v) is 7.09. The number of carbonyl (C=O) groups is 4. The minimum absolute atomic E-state index is 0.141. The van der Waals surface area contributed by atoms with Crippen LogP contribution in [0.4, 0.5) is 4.79 Å². The van der Waals surface area contributed by atoms with Crippen molar-refractivity contribution in [3.05, 3.63) is 0 Å². The summed E-state index contributed by atoms with van der Waals surface area (Å²) in [6, 6.07) is -1.28. The second-order valence-electron chi connectivity index (χ2n) is 5.01. The molecule has 0 saturated heterocycles. The highest BCUT2D eigenvalue weighted by Crippen LogP contribution is 2.14. The standard InChI is InChI=1S/C13H21NO7S2/c1-5-9(15)20-7(2)21-12(19)23-6-8(10(16)17)14-11(18)13(3,4)22/h7-8,22H,5-6H2,1-4H3,(H,14,18)(H,16,17)/t7-,8-/m0/s1. The lowest BCUT2D eigenvalue weighted by Crippen LogP contribution is -2.48. The van der Waals surface area contributed by atoms with E-state index < -0.39 is 40.2 Å². The maximum atomic E-state index is 11.7. The van der Waals surface area contributed by atoms with Gasteiger partial charge in [0.2, 0.25) is 12.2 Å². The Bertz CT molecular complexity index is 462. The Kier molecular flexibility index (Phi) is 9.06. The van der Waals surface area contributed by atoms with Gasteiger partial charge < -0.3 is 19.9 Å². The summed E-state index contributed by atoms with van der Waals surface area (Å²) in [6.45, 7) is 5.98. The molecule has 0 heterocycles. The molecule has 2 N–H and O–H groups in total. The molecule has 2 atom stereocenters. The Morgan fingerprint density at radius 1 is 1.26 bits per heavy atom. The molecule has 0 rings (SSSR count). The number of aliphatic carboxylic acids is 1. The Hall–Kier alpha value is -1.42. The van der Waals surface area contributed by atoms with Crippen LogP contribution in [0.5, 0.6) is 0 Å². The summed E-state index contributed by atoms with van der Waals surface area (Å²) in [6.07, 6.45) is -0.932. The van der Waals surface area contributed by atoms with Gasteiger partial charge in [-0.25, -0.2) is 9.59 Å². The molecule has 0 aromatic carbocycles. The molecule has 0 aliphatic rings. The van der Waals surface area contributed by atoms with Crippen LogP contribution in [0.25, 0.3) is 0 Å². The van der Waals surface area contributed by atoms with E-state index >= 15 is 0 Å². The summed E-state index contributed by atoms with van der Waals surface area (Å²) >= 11 is 4.59. The molecule has 0 unspecified atom stereocenters. The molecule has 0 aliphatic heterocycles. The number of nitrogens with one attached hydrogen (secondary N) is 1. The number of esters is 1. The number of rotatable bonds is 8. The molecule has 0 aliphatic carbocycles. The van der Waals surface area contributed by atoms with E-state index in [1.54, 1.807) is 6.92 Å². The predicted octanol–water partition coefficient (Wildman–Crippen LogP) is 1.43. The zero-order valence-electron chi connectivity index (χ0n) is 13.3. The van der Waals surface area contributed by atoms with Crippen LogP contribution in [0, 0.1) is 0 Å². The average molecular weight is 367 g/mol. The molecule has 0 saturated carbocycles. The van der Waals surface area contributed by atoms with Gasteiger partial charge in [-0.15, -0.1) is 0 Å². The highest BCUT2D eigenvalue weighted by atomic mass is 32.2. The average Bonchev–Trinajstić information content (AvgIpc) is 2.41. The van der Waals surface area contributed by atoms with Crippen LogP contribution in [-0.4, -0.2) is 51.1 Å². The Balaban J connectivity index is 4.42. The van der Waals surface area contributed by atoms with Crippen LogP contribution in [0.15, 0.2) is 0 Å². The number of hydrogen-bond donors (Lipinski definition) is 3. The molecule has 0 radical (unpaired) electrons.